The maximum atomic E-state index is 11.8. The zero-order valence-corrected chi connectivity index (χ0v) is 14.9. The number of benzene rings is 2. The molecule has 0 aliphatic carbocycles. The lowest BCUT2D eigenvalue weighted by Gasteiger charge is -2.16. The van der Waals surface area contributed by atoms with Gasteiger partial charge in [-0.1, -0.05) is 29.8 Å². The summed E-state index contributed by atoms with van der Waals surface area (Å²) in [6, 6.07) is 13.9. The summed E-state index contributed by atoms with van der Waals surface area (Å²) in [7, 11) is 1.74. The van der Waals surface area contributed by atoms with Crippen molar-refractivity contribution in [3.63, 3.8) is 0 Å². The summed E-state index contributed by atoms with van der Waals surface area (Å²) in [5.41, 5.74) is 5.63. The Bertz CT molecular complexity index is 974. The van der Waals surface area contributed by atoms with Gasteiger partial charge in [-0.2, -0.15) is 0 Å². The normalized spacial score (nSPS) is 10.6. The number of aromatic amines is 1. The van der Waals surface area contributed by atoms with Crippen LogP contribution in [-0.4, -0.2) is 12.0 Å². The summed E-state index contributed by atoms with van der Waals surface area (Å²) >= 11 is 0. The molecule has 128 valence electrons. The predicted octanol–water partition coefficient (Wildman–Crippen LogP) is 4.80. The van der Waals surface area contributed by atoms with Crippen LogP contribution in [0.2, 0.25) is 0 Å². The molecule has 0 aliphatic heterocycles. The summed E-state index contributed by atoms with van der Waals surface area (Å²) in [6.07, 6.45) is 1.72. The third kappa shape index (κ3) is 3.43. The van der Waals surface area contributed by atoms with E-state index >= 15 is 0 Å². The molecule has 0 unspecified atom stereocenters. The number of aryl methyl sites for hydroxylation is 3. The Morgan fingerprint density at radius 1 is 0.960 bits per heavy atom. The van der Waals surface area contributed by atoms with Gasteiger partial charge in [-0.3, -0.25) is 4.79 Å². The summed E-state index contributed by atoms with van der Waals surface area (Å²) in [4.78, 5) is 14.6. The van der Waals surface area contributed by atoms with Gasteiger partial charge in [0.05, 0.1) is 0 Å². The molecule has 0 saturated carbocycles. The van der Waals surface area contributed by atoms with E-state index in [4.69, 9.17) is 4.74 Å². The zero-order valence-electron chi connectivity index (χ0n) is 14.9. The Labute approximate surface area is 147 Å². The van der Waals surface area contributed by atoms with Crippen molar-refractivity contribution in [2.75, 3.05) is 12.4 Å². The van der Waals surface area contributed by atoms with Crippen molar-refractivity contribution in [2.45, 2.75) is 20.8 Å². The number of nitrogens with one attached hydrogen (secondary N) is 2. The van der Waals surface area contributed by atoms with Crippen LogP contribution in [0.3, 0.4) is 0 Å². The number of anilines is 1. The molecule has 0 atom stereocenters. The third-order valence-corrected chi connectivity index (χ3v) is 4.25. The van der Waals surface area contributed by atoms with Crippen LogP contribution in [0, 0.1) is 20.8 Å². The number of pyridine rings is 1. The highest BCUT2D eigenvalue weighted by atomic mass is 16.5. The van der Waals surface area contributed by atoms with Crippen molar-refractivity contribution in [1.82, 2.24) is 4.98 Å². The van der Waals surface area contributed by atoms with Gasteiger partial charge in [0, 0.05) is 24.4 Å². The standard InChI is InChI=1S/C21H22N2O2/c1-13-8-9-18(15(3)10-13)25-19-7-5-6-14(2)20(19)16-11-17(22-4)21(24)23-12-16/h5-12,22H,1-4H3,(H,23,24). The van der Waals surface area contributed by atoms with Crippen LogP contribution in [0.1, 0.15) is 16.7 Å². The van der Waals surface area contributed by atoms with Gasteiger partial charge >= 0.3 is 0 Å². The van der Waals surface area contributed by atoms with Crippen LogP contribution < -0.4 is 15.6 Å². The van der Waals surface area contributed by atoms with Gasteiger partial charge in [-0.05, 0) is 50.1 Å². The van der Waals surface area contributed by atoms with E-state index in [0.717, 1.165) is 33.8 Å². The molecule has 0 saturated heterocycles. The Balaban J connectivity index is 2.10. The molecule has 4 nitrogen and oxygen atoms in total. The van der Waals surface area contributed by atoms with Crippen LogP contribution in [0.25, 0.3) is 11.1 Å². The minimum Gasteiger partial charge on any atom is -0.456 e. The average Bonchev–Trinajstić information content (AvgIpc) is 2.58. The topological polar surface area (TPSA) is 54.1 Å². The van der Waals surface area contributed by atoms with E-state index < -0.39 is 0 Å². The van der Waals surface area contributed by atoms with Gasteiger partial charge in [0.2, 0.25) is 0 Å². The summed E-state index contributed by atoms with van der Waals surface area (Å²) < 4.78 is 6.22. The van der Waals surface area contributed by atoms with Gasteiger partial charge in [0.15, 0.2) is 0 Å². The lowest BCUT2D eigenvalue weighted by atomic mass is 10.0. The van der Waals surface area contributed by atoms with Crippen LogP contribution in [0.4, 0.5) is 5.69 Å². The lowest BCUT2D eigenvalue weighted by Crippen LogP contribution is -2.11. The fraction of sp³-hybridized carbons (Fsp3) is 0.190. The molecule has 2 N–H and O–H groups in total. The molecule has 1 heterocycles. The fourth-order valence-corrected chi connectivity index (χ4v) is 2.94. The molecule has 0 radical (unpaired) electrons. The Morgan fingerprint density at radius 3 is 2.48 bits per heavy atom. The number of H-pyrrole nitrogens is 1. The molecule has 0 aliphatic rings. The van der Waals surface area contributed by atoms with E-state index in [9.17, 15) is 4.79 Å². The second-order valence-electron chi connectivity index (χ2n) is 6.20. The molecule has 3 rings (SSSR count). The number of rotatable bonds is 4. The molecular weight excluding hydrogens is 312 g/mol. The fourth-order valence-electron chi connectivity index (χ4n) is 2.94. The first-order chi connectivity index (χ1) is 12.0. The first-order valence-corrected chi connectivity index (χ1v) is 8.25. The molecule has 0 fully saturated rings. The summed E-state index contributed by atoms with van der Waals surface area (Å²) in [6.45, 7) is 6.14. The van der Waals surface area contributed by atoms with Crippen molar-refractivity contribution in [1.29, 1.82) is 0 Å². The molecular formula is C21H22N2O2. The monoisotopic (exact) mass is 334 g/mol. The van der Waals surface area contributed by atoms with E-state index in [1.165, 1.54) is 5.56 Å². The number of hydrogen-bond acceptors (Lipinski definition) is 3. The Kier molecular flexibility index (Phi) is 4.61. The first kappa shape index (κ1) is 16.8. The second kappa shape index (κ2) is 6.85. The van der Waals surface area contributed by atoms with Gasteiger partial charge in [-0.25, -0.2) is 0 Å². The second-order valence-corrected chi connectivity index (χ2v) is 6.20. The number of ether oxygens (including phenoxy) is 1. The maximum absolute atomic E-state index is 11.8. The van der Waals surface area contributed by atoms with Crippen molar-refractivity contribution < 1.29 is 4.74 Å². The third-order valence-electron chi connectivity index (χ3n) is 4.25. The van der Waals surface area contributed by atoms with E-state index in [1.807, 2.05) is 50.2 Å². The molecule has 2 aromatic carbocycles. The molecule has 25 heavy (non-hydrogen) atoms. The average molecular weight is 334 g/mol. The first-order valence-electron chi connectivity index (χ1n) is 8.25. The van der Waals surface area contributed by atoms with Gasteiger partial charge in [0.25, 0.3) is 5.56 Å². The largest absolute Gasteiger partial charge is 0.456 e. The molecule has 0 amide bonds. The number of hydrogen-bond donors (Lipinski definition) is 2. The van der Waals surface area contributed by atoms with Gasteiger partial charge < -0.3 is 15.0 Å². The number of aromatic nitrogens is 1. The quantitative estimate of drug-likeness (QED) is 0.720. The Hall–Kier alpha value is -3.01. The van der Waals surface area contributed by atoms with Crippen molar-refractivity contribution in [2.24, 2.45) is 0 Å². The van der Waals surface area contributed by atoms with Crippen molar-refractivity contribution in [3.05, 3.63) is 75.7 Å². The molecule has 1 aromatic heterocycles. The van der Waals surface area contributed by atoms with Crippen LogP contribution >= 0.6 is 0 Å². The summed E-state index contributed by atoms with van der Waals surface area (Å²) in [5.74, 6) is 1.59. The van der Waals surface area contributed by atoms with Crippen molar-refractivity contribution in [3.8, 4) is 22.6 Å². The highest BCUT2D eigenvalue weighted by molar-refractivity contribution is 5.76. The van der Waals surface area contributed by atoms with Crippen molar-refractivity contribution >= 4 is 5.69 Å². The lowest BCUT2D eigenvalue weighted by molar-refractivity contribution is 0.480. The van der Waals surface area contributed by atoms with Gasteiger partial charge in [-0.15, -0.1) is 0 Å². The minimum atomic E-state index is -0.142. The molecule has 4 heteroatoms. The zero-order chi connectivity index (χ0) is 18.0. The SMILES string of the molecule is CNc1cc(-c2c(C)cccc2Oc2ccc(C)cc2C)c[nH]c1=O. The maximum Gasteiger partial charge on any atom is 0.271 e. The molecule has 3 aromatic rings. The smallest absolute Gasteiger partial charge is 0.271 e. The van der Waals surface area contributed by atoms with Gasteiger partial charge in [0.1, 0.15) is 17.2 Å². The van der Waals surface area contributed by atoms with E-state index in [0.29, 0.717) is 5.69 Å². The minimum absolute atomic E-state index is 0.142. The predicted molar refractivity (Wildman–Crippen MR) is 103 cm³/mol. The molecule has 0 bridgehead atoms. The van der Waals surface area contributed by atoms with E-state index in [1.54, 1.807) is 13.2 Å². The highest BCUT2D eigenvalue weighted by Crippen LogP contribution is 2.37. The van der Waals surface area contributed by atoms with Crippen LogP contribution in [0.15, 0.2) is 53.5 Å². The van der Waals surface area contributed by atoms with Crippen LogP contribution in [-0.2, 0) is 0 Å². The summed E-state index contributed by atoms with van der Waals surface area (Å²) in [5, 5.41) is 2.92. The van der Waals surface area contributed by atoms with Crippen LogP contribution in [0.5, 0.6) is 11.5 Å². The van der Waals surface area contributed by atoms with E-state index in [-0.39, 0.29) is 5.56 Å². The Morgan fingerprint density at radius 2 is 1.76 bits per heavy atom. The highest BCUT2D eigenvalue weighted by Gasteiger charge is 2.13. The molecule has 0 spiro atoms. The van der Waals surface area contributed by atoms with E-state index in [2.05, 4.69) is 23.3 Å².